The Morgan fingerprint density at radius 1 is 0.971 bits per heavy atom. The van der Waals surface area contributed by atoms with Crippen molar-refractivity contribution in [3.8, 4) is 17.4 Å². The van der Waals surface area contributed by atoms with E-state index in [0.29, 0.717) is 22.5 Å². The number of ketones is 1. The number of benzene rings is 3. The first-order valence-corrected chi connectivity index (χ1v) is 10.9. The molecule has 8 heteroatoms. The van der Waals surface area contributed by atoms with Crippen LogP contribution in [0.4, 0.5) is 11.4 Å². The normalized spacial score (nSPS) is 12.4. The molecule has 0 N–H and O–H groups in total. The van der Waals surface area contributed by atoms with E-state index in [4.69, 9.17) is 9.26 Å². The van der Waals surface area contributed by atoms with Crippen LogP contribution in [0.2, 0.25) is 0 Å². The molecule has 1 aliphatic heterocycles. The Bertz CT molecular complexity index is 1500. The highest BCUT2D eigenvalue weighted by Gasteiger charge is 2.31. The Morgan fingerprint density at radius 3 is 2.29 bits per heavy atom. The summed E-state index contributed by atoms with van der Waals surface area (Å²) in [6.45, 7) is -0.559. The quantitative estimate of drug-likeness (QED) is 0.241. The van der Waals surface area contributed by atoms with E-state index in [2.05, 4.69) is 5.16 Å². The van der Waals surface area contributed by atoms with Gasteiger partial charge in [0.1, 0.15) is 23.0 Å². The van der Waals surface area contributed by atoms with Gasteiger partial charge in [0.2, 0.25) is 5.78 Å². The average Bonchev–Trinajstić information content (AvgIpc) is 3.43. The fourth-order valence-electron chi connectivity index (χ4n) is 4.21. The number of esters is 1. The van der Waals surface area contributed by atoms with Crippen molar-refractivity contribution >= 4 is 34.0 Å². The number of hydrogen-bond acceptors (Lipinski definition) is 8. The fourth-order valence-corrected chi connectivity index (χ4v) is 4.21. The molecule has 0 spiro atoms. The number of nitriles is 1. The third kappa shape index (κ3) is 3.79. The van der Waals surface area contributed by atoms with Crippen molar-refractivity contribution in [1.82, 2.24) is 5.16 Å². The Hall–Kier alpha value is -4.90. The van der Waals surface area contributed by atoms with E-state index in [0.717, 1.165) is 16.9 Å². The summed E-state index contributed by atoms with van der Waals surface area (Å²) >= 11 is 0. The average molecular weight is 464 g/mol. The van der Waals surface area contributed by atoms with Crippen LogP contribution in [0, 0.1) is 11.3 Å². The van der Waals surface area contributed by atoms with E-state index in [1.54, 1.807) is 42.1 Å². The molecule has 172 valence electrons. The molecule has 0 fully saturated rings. The second-order valence-electron chi connectivity index (χ2n) is 8.03. The summed E-state index contributed by atoms with van der Waals surface area (Å²) in [5.41, 5.74) is 3.34. The van der Waals surface area contributed by atoms with E-state index < -0.39 is 18.4 Å². The largest absolute Gasteiger partial charge is 0.454 e. The zero-order valence-corrected chi connectivity index (χ0v) is 19.1. The smallest absolute Gasteiger partial charge is 0.338 e. The summed E-state index contributed by atoms with van der Waals surface area (Å²) < 4.78 is 10.8. The summed E-state index contributed by atoms with van der Waals surface area (Å²) in [4.78, 5) is 29.2. The van der Waals surface area contributed by atoms with E-state index >= 15 is 0 Å². The minimum Gasteiger partial charge on any atom is -0.454 e. The second-order valence-corrected chi connectivity index (χ2v) is 8.03. The highest BCUT2D eigenvalue weighted by Crippen LogP contribution is 2.40. The Balaban J connectivity index is 1.36. The molecule has 0 amide bonds. The molecule has 8 nitrogen and oxygen atoms in total. The van der Waals surface area contributed by atoms with Gasteiger partial charge in [0.25, 0.3) is 0 Å². The van der Waals surface area contributed by atoms with Gasteiger partial charge in [-0.3, -0.25) is 4.79 Å². The molecule has 0 bridgehead atoms. The van der Waals surface area contributed by atoms with Gasteiger partial charge in [-0.25, -0.2) is 4.79 Å². The number of carbonyl (C=O) groups is 2. The van der Waals surface area contributed by atoms with Gasteiger partial charge in [-0.05, 0) is 30.3 Å². The lowest BCUT2D eigenvalue weighted by molar-refractivity contribution is -0.118. The van der Waals surface area contributed by atoms with Crippen LogP contribution in [0.3, 0.4) is 0 Å². The lowest BCUT2D eigenvalue weighted by Gasteiger charge is -2.19. The number of para-hydroxylation sites is 2. The number of nitrogens with zero attached hydrogens (tertiary/aromatic N) is 4. The van der Waals surface area contributed by atoms with Gasteiger partial charge in [-0.15, -0.1) is 0 Å². The summed E-state index contributed by atoms with van der Waals surface area (Å²) in [5, 5.41) is 14.5. The SMILES string of the molecule is CN1C(=C(C#N)C(=O)COC(=O)c2ccc3noc(-c4ccccc4)c3c2)N(C)c2ccccc21. The number of fused-ring (bicyclic) bond motifs is 2. The van der Waals surface area contributed by atoms with Crippen molar-refractivity contribution in [2.75, 3.05) is 30.5 Å². The molecule has 1 aromatic heterocycles. The summed E-state index contributed by atoms with van der Waals surface area (Å²) in [6, 6.07) is 23.8. The number of aromatic nitrogens is 1. The Labute approximate surface area is 201 Å². The van der Waals surface area contributed by atoms with Crippen LogP contribution in [0.5, 0.6) is 0 Å². The number of hydrogen-bond donors (Lipinski definition) is 0. The number of anilines is 2. The van der Waals surface area contributed by atoms with Gasteiger partial charge in [0.15, 0.2) is 12.4 Å². The zero-order chi connectivity index (χ0) is 24.5. The van der Waals surface area contributed by atoms with Crippen LogP contribution in [-0.2, 0) is 9.53 Å². The molecule has 1 aliphatic rings. The third-order valence-corrected chi connectivity index (χ3v) is 5.94. The number of Topliss-reactive ketones (excluding diaryl/α,β-unsaturated/α-hetero) is 1. The number of ether oxygens (including phenoxy) is 1. The lowest BCUT2D eigenvalue weighted by Crippen LogP contribution is -2.27. The van der Waals surface area contributed by atoms with Crippen molar-refractivity contribution in [3.63, 3.8) is 0 Å². The number of rotatable bonds is 5. The molecular weight excluding hydrogens is 444 g/mol. The Morgan fingerprint density at radius 2 is 1.63 bits per heavy atom. The van der Waals surface area contributed by atoms with Crippen LogP contribution in [0.15, 0.2) is 88.7 Å². The molecular formula is C27H20N4O4. The van der Waals surface area contributed by atoms with Crippen LogP contribution >= 0.6 is 0 Å². The molecule has 3 aromatic carbocycles. The molecule has 0 unspecified atom stereocenters. The lowest BCUT2D eigenvalue weighted by atomic mass is 10.1. The predicted molar refractivity (Wildman–Crippen MR) is 131 cm³/mol. The number of carbonyl (C=O) groups excluding carboxylic acids is 2. The molecule has 4 aromatic rings. The third-order valence-electron chi connectivity index (χ3n) is 5.94. The van der Waals surface area contributed by atoms with Gasteiger partial charge in [0, 0.05) is 19.7 Å². The second kappa shape index (κ2) is 8.80. The molecule has 5 rings (SSSR count). The maximum atomic E-state index is 12.9. The van der Waals surface area contributed by atoms with Gasteiger partial charge >= 0.3 is 5.97 Å². The predicted octanol–water partition coefficient (Wildman–Crippen LogP) is 4.54. The molecule has 0 saturated carbocycles. The topological polar surface area (TPSA) is 99.7 Å². The first-order chi connectivity index (χ1) is 17.0. The highest BCUT2D eigenvalue weighted by molar-refractivity contribution is 6.05. The van der Waals surface area contributed by atoms with E-state index in [1.807, 2.05) is 60.7 Å². The van der Waals surface area contributed by atoms with Gasteiger partial charge in [0.05, 0.1) is 22.3 Å². The zero-order valence-electron chi connectivity index (χ0n) is 19.1. The van der Waals surface area contributed by atoms with E-state index in [-0.39, 0.29) is 11.1 Å². The minimum absolute atomic E-state index is 0.0835. The molecule has 35 heavy (non-hydrogen) atoms. The molecule has 0 atom stereocenters. The molecule has 0 radical (unpaired) electrons. The maximum Gasteiger partial charge on any atom is 0.338 e. The van der Waals surface area contributed by atoms with Gasteiger partial charge in [-0.2, -0.15) is 5.26 Å². The van der Waals surface area contributed by atoms with Crippen LogP contribution < -0.4 is 9.80 Å². The standard InChI is InChI=1S/C27H20N4O4/c1-30-22-10-6-7-11-23(22)31(2)26(30)20(15-28)24(32)16-34-27(33)18-12-13-21-19(14-18)25(35-29-21)17-8-4-3-5-9-17/h3-14H,16H2,1-2H3. The van der Waals surface area contributed by atoms with Crippen LogP contribution in [-0.4, -0.2) is 37.6 Å². The van der Waals surface area contributed by atoms with Crippen molar-refractivity contribution in [3.05, 3.63) is 89.8 Å². The van der Waals surface area contributed by atoms with E-state index in [9.17, 15) is 14.9 Å². The van der Waals surface area contributed by atoms with Crippen molar-refractivity contribution in [1.29, 1.82) is 5.26 Å². The van der Waals surface area contributed by atoms with Crippen molar-refractivity contribution in [2.24, 2.45) is 0 Å². The monoisotopic (exact) mass is 464 g/mol. The maximum absolute atomic E-state index is 12.9. The van der Waals surface area contributed by atoms with Crippen molar-refractivity contribution in [2.45, 2.75) is 0 Å². The molecule has 0 aliphatic carbocycles. The first-order valence-electron chi connectivity index (χ1n) is 10.9. The first kappa shape index (κ1) is 21.9. The summed E-state index contributed by atoms with van der Waals surface area (Å²) in [7, 11) is 3.57. The summed E-state index contributed by atoms with van der Waals surface area (Å²) in [5.74, 6) is -0.291. The minimum atomic E-state index is -0.681. The molecule has 0 saturated heterocycles. The van der Waals surface area contributed by atoms with Gasteiger partial charge in [-0.1, -0.05) is 47.6 Å². The van der Waals surface area contributed by atoms with Crippen molar-refractivity contribution < 1.29 is 18.8 Å². The van der Waals surface area contributed by atoms with E-state index in [1.165, 1.54) is 0 Å². The molecule has 2 heterocycles. The van der Waals surface area contributed by atoms with Gasteiger partial charge < -0.3 is 19.1 Å². The van der Waals surface area contributed by atoms with Crippen LogP contribution in [0.1, 0.15) is 10.4 Å². The Kier molecular flexibility index (Phi) is 5.51. The fraction of sp³-hybridized carbons (Fsp3) is 0.111. The summed E-state index contributed by atoms with van der Waals surface area (Å²) in [6.07, 6.45) is 0. The van der Waals surface area contributed by atoms with Crippen LogP contribution in [0.25, 0.3) is 22.2 Å². The highest BCUT2D eigenvalue weighted by atomic mass is 16.5.